The monoisotopic (exact) mass is 362 g/mol. The first kappa shape index (κ1) is 12.0. The van der Waals surface area contributed by atoms with Gasteiger partial charge in [0.1, 0.15) is 6.10 Å². The number of benzene rings is 1. The van der Waals surface area contributed by atoms with E-state index in [2.05, 4.69) is 36.8 Å². The van der Waals surface area contributed by atoms with Gasteiger partial charge >= 0.3 is 0 Å². The Morgan fingerprint density at radius 1 is 1.31 bits per heavy atom. The Hall–Kier alpha value is -0.430. The van der Waals surface area contributed by atoms with Gasteiger partial charge < -0.3 is 10.8 Å². The predicted molar refractivity (Wildman–Crippen MR) is 72.4 cm³/mol. The zero-order chi connectivity index (χ0) is 11.7. The molecular formula is C10H8Br2N2OS. The topological polar surface area (TPSA) is 59.1 Å². The number of hydrogen-bond donors (Lipinski definition) is 2. The molecule has 3 N–H and O–H groups in total. The number of thiazole rings is 1. The summed E-state index contributed by atoms with van der Waals surface area (Å²) in [6.45, 7) is 0. The Balaban J connectivity index is 2.33. The van der Waals surface area contributed by atoms with E-state index < -0.39 is 6.10 Å². The minimum absolute atomic E-state index is 0.463. The summed E-state index contributed by atoms with van der Waals surface area (Å²) >= 11 is 8.07. The smallest absolute Gasteiger partial charge is 0.180 e. The van der Waals surface area contributed by atoms with Crippen molar-refractivity contribution in [3.8, 4) is 0 Å². The van der Waals surface area contributed by atoms with Gasteiger partial charge in [0.2, 0.25) is 0 Å². The second-order valence-corrected chi connectivity index (χ2v) is 5.98. The van der Waals surface area contributed by atoms with Crippen LogP contribution in [0.5, 0.6) is 0 Å². The van der Waals surface area contributed by atoms with Crippen molar-refractivity contribution in [3.63, 3.8) is 0 Å². The van der Waals surface area contributed by atoms with Crippen LogP contribution in [0.25, 0.3) is 0 Å². The van der Waals surface area contributed by atoms with Crippen LogP contribution < -0.4 is 5.73 Å². The Kier molecular flexibility index (Phi) is 3.63. The predicted octanol–water partition coefficient (Wildman–Crippen LogP) is 3.33. The maximum Gasteiger partial charge on any atom is 0.180 e. The molecule has 1 aromatic heterocycles. The van der Waals surface area contributed by atoms with Crippen LogP contribution in [0.2, 0.25) is 0 Å². The van der Waals surface area contributed by atoms with E-state index in [4.69, 9.17) is 5.73 Å². The van der Waals surface area contributed by atoms with Crippen LogP contribution >= 0.6 is 43.2 Å². The molecule has 2 rings (SSSR count). The number of rotatable bonds is 2. The maximum atomic E-state index is 10.1. The molecule has 1 unspecified atom stereocenters. The Morgan fingerprint density at radius 3 is 2.62 bits per heavy atom. The lowest BCUT2D eigenvalue weighted by Gasteiger charge is -2.09. The largest absolute Gasteiger partial charge is 0.383 e. The second kappa shape index (κ2) is 4.83. The minimum atomic E-state index is -0.681. The second-order valence-electron chi connectivity index (χ2n) is 3.18. The molecule has 0 amide bonds. The lowest BCUT2D eigenvalue weighted by Crippen LogP contribution is -1.96. The molecule has 1 heterocycles. The van der Waals surface area contributed by atoms with Gasteiger partial charge in [0.25, 0.3) is 0 Å². The average molecular weight is 364 g/mol. The van der Waals surface area contributed by atoms with Gasteiger partial charge in [-0.15, -0.1) is 0 Å². The number of halogens is 2. The minimum Gasteiger partial charge on any atom is -0.383 e. The molecule has 16 heavy (non-hydrogen) atoms. The highest BCUT2D eigenvalue weighted by Gasteiger charge is 2.14. The van der Waals surface area contributed by atoms with Crippen molar-refractivity contribution in [2.24, 2.45) is 0 Å². The molecule has 0 bridgehead atoms. The van der Waals surface area contributed by atoms with Crippen molar-refractivity contribution < 1.29 is 5.11 Å². The number of nitrogen functional groups attached to an aromatic ring is 1. The molecule has 0 aliphatic rings. The maximum absolute atomic E-state index is 10.1. The first-order valence-electron chi connectivity index (χ1n) is 4.42. The summed E-state index contributed by atoms with van der Waals surface area (Å²) in [4.78, 5) is 4.66. The van der Waals surface area contributed by atoms with Crippen molar-refractivity contribution in [2.45, 2.75) is 6.10 Å². The molecule has 2 aromatic rings. The summed E-state index contributed by atoms with van der Waals surface area (Å²) < 4.78 is 1.86. The van der Waals surface area contributed by atoms with E-state index in [0.29, 0.717) is 5.13 Å². The van der Waals surface area contributed by atoms with E-state index >= 15 is 0 Å². The number of anilines is 1. The van der Waals surface area contributed by atoms with Crippen LogP contribution in [0.15, 0.2) is 33.3 Å². The Labute approximate surface area is 114 Å². The average Bonchev–Trinajstić information content (AvgIpc) is 2.68. The van der Waals surface area contributed by atoms with E-state index in [1.54, 1.807) is 6.20 Å². The lowest BCUT2D eigenvalue weighted by molar-refractivity contribution is 0.224. The molecule has 0 saturated carbocycles. The number of aromatic nitrogens is 1. The molecular weight excluding hydrogens is 356 g/mol. The molecule has 0 radical (unpaired) electrons. The van der Waals surface area contributed by atoms with Crippen LogP contribution in [0.3, 0.4) is 0 Å². The van der Waals surface area contributed by atoms with E-state index in [9.17, 15) is 5.11 Å². The summed E-state index contributed by atoms with van der Waals surface area (Å²) in [5.74, 6) is 0. The van der Waals surface area contributed by atoms with Crippen molar-refractivity contribution in [3.05, 3.63) is 43.8 Å². The van der Waals surface area contributed by atoms with Gasteiger partial charge in [0.15, 0.2) is 5.13 Å². The molecule has 3 nitrogen and oxygen atoms in total. The van der Waals surface area contributed by atoms with Crippen molar-refractivity contribution in [1.29, 1.82) is 0 Å². The fourth-order valence-corrected chi connectivity index (χ4v) is 2.62. The van der Waals surface area contributed by atoms with E-state index in [-0.39, 0.29) is 0 Å². The molecule has 0 spiro atoms. The first-order valence-corrected chi connectivity index (χ1v) is 6.82. The molecule has 1 aromatic carbocycles. The van der Waals surface area contributed by atoms with Gasteiger partial charge in [0, 0.05) is 15.1 Å². The first-order chi connectivity index (χ1) is 7.58. The molecule has 0 saturated heterocycles. The standard InChI is InChI=1S/C10H8Br2N2OS/c11-6-2-1-5(3-7(6)12)9(15)8-4-14-10(13)16-8/h1-4,9,15H,(H2,13,14). The van der Waals surface area contributed by atoms with Crippen LogP contribution in [0.4, 0.5) is 5.13 Å². The van der Waals surface area contributed by atoms with Gasteiger partial charge in [0.05, 0.1) is 4.88 Å². The van der Waals surface area contributed by atoms with Crippen LogP contribution in [0.1, 0.15) is 16.5 Å². The molecule has 6 heteroatoms. The third-order valence-electron chi connectivity index (χ3n) is 2.07. The summed E-state index contributed by atoms with van der Waals surface area (Å²) in [5.41, 5.74) is 6.33. The lowest BCUT2D eigenvalue weighted by atomic mass is 10.1. The summed E-state index contributed by atoms with van der Waals surface area (Å²) in [6.07, 6.45) is 0.917. The van der Waals surface area contributed by atoms with Gasteiger partial charge in [-0.1, -0.05) is 17.4 Å². The zero-order valence-electron chi connectivity index (χ0n) is 8.02. The van der Waals surface area contributed by atoms with Crippen LogP contribution in [-0.4, -0.2) is 10.1 Å². The molecule has 0 aliphatic heterocycles. The Morgan fingerprint density at radius 2 is 2.06 bits per heavy atom. The van der Waals surface area contributed by atoms with Gasteiger partial charge in [-0.25, -0.2) is 4.98 Å². The van der Waals surface area contributed by atoms with Crippen LogP contribution in [-0.2, 0) is 0 Å². The van der Waals surface area contributed by atoms with Gasteiger partial charge in [-0.05, 0) is 49.6 Å². The number of nitrogens with zero attached hydrogens (tertiary/aromatic N) is 1. The van der Waals surface area contributed by atoms with Crippen molar-refractivity contribution in [2.75, 3.05) is 5.73 Å². The SMILES string of the molecule is Nc1ncc(C(O)c2ccc(Br)c(Br)c2)s1. The quantitative estimate of drug-likeness (QED) is 0.860. The van der Waals surface area contributed by atoms with Gasteiger partial charge in [-0.2, -0.15) is 0 Å². The number of nitrogens with two attached hydrogens (primary N) is 1. The number of aliphatic hydroxyl groups excluding tert-OH is 1. The fourth-order valence-electron chi connectivity index (χ4n) is 1.27. The van der Waals surface area contributed by atoms with Crippen molar-refractivity contribution in [1.82, 2.24) is 4.98 Å². The molecule has 0 aliphatic carbocycles. The summed E-state index contributed by atoms with van der Waals surface area (Å²) in [6, 6.07) is 5.60. The highest BCUT2D eigenvalue weighted by Crippen LogP contribution is 2.31. The summed E-state index contributed by atoms with van der Waals surface area (Å²) in [7, 11) is 0. The van der Waals surface area contributed by atoms with E-state index in [0.717, 1.165) is 19.4 Å². The number of aliphatic hydroxyl groups is 1. The van der Waals surface area contributed by atoms with E-state index in [1.165, 1.54) is 11.3 Å². The van der Waals surface area contributed by atoms with Gasteiger partial charge in [-0.3, -0.25) is 0 Å². The molecule has 1 atom stereocenters. The number of hydrogen-bond acceptors (Lipinski definition) is 4. The third kappa shape index (κ3) is 2.45. The third-order valence-corrected chi connectivity index (χ3v) is 4.83. The fraction of sp³-hybridized carbons (Fsp3) is 0.100. The van der Waals surface area contributed by atoms with Crippen molar-refractivity contribution >= 4 is 48.3 Å². The zero-order valence-corrected chi connectivity index (χ0v) is 12.0. The highest BCUT2D eigenvalue weighted by molar-refractivity contribution is 9.13. The Bertz CT molecular complexity index is 515. The van der Waals surface area contributed by atoms with E-state index in [1.807, 2.05) is 18.2 Å². The van der Waals surface area contributed by atoms with Crippen LogP contribution in [0, 0.1) is 0 Å². The molecule has 0 fully saturated rings. The summed E-state index contributed by atoms with van der Waals surface area (Å²) in [5, 5.41) is 10.6. The molecule has 84 valence electrons. The highest BCUT2D eigenvalue weighted by atomic mass is 79.9. The normalized spacial score (nSPS) is 12.7.